The first-order valence-corrected chi connectivity index (χ1v) is 10.1. The van der Waals surface area contributed by atoms with Crippen molar-refractivity contribution < 1.29 is 4.79 Å². The highest BCUT2D eigenvalue weighted by molar-refractivity contribution is 6.35. The van der Waals surface area contributed by atoms with Crippen LogP contribution in [0, 0.1) is 13.8 Å². The van der Waals surface area contributed by atoms with Crippen LogP contribution >= 0.6 is 34.8 Å². The fraction of sp³-hybridized carbons (Fsp3) is 0.474. The van der Waals surface area contributed by atoms with Gasteiger partial charge in [-0.1, -0.05) is 40.9 Å². The standard InChI is InChI=1S/C19H23Cl3N4O/c1-13-19(22)14(2)26(23-13)6-5-18(27)25-9-7-24(8-10-25)12-15-3-4-16(20)11-17(15)21/h3-4,11H,5-10,12H2,1-2H3. The van der Waals surface area contributed by atoms with E-state index in [1.54, 1.807) is 6.07 Å². The van der Waals surface area contributed by atoms with Crippen molar-refractivity contribution in [2.75, 3.05) is 26.2 Å². The van der Waals surface area contributed by atoms with Crippen molar-refractivity contribution >= 4 is 40.7 Å². The Balaban J connectivity index is 1.48. The lowest BCUT2D eigenvalue weighted by atomic mass is 10.2. The Morgan fingerprint density at radius 3 is 2.41 bits per heavy atom. The zero-order chi connectivity index (χ0) is 19.6. The molecule has 1 saturated heterocycles. The molecule has 0 aliphatic carbocycles. The monoisotopic (exact) mass is 428 g/mol. The number of nitrogens with zero attached hydrogens (tertiary/aromatic N) is 4. The summed E-state index contributed by atoms with van der Waals surface area (Å²) in [5, 5.41) is 6.39. The van der Waals surface area contributed by atoms with Crippen LogP contribution in [0.1, 0.15) is 23.4 Å². The average Bonchev–Trinajstić information content (AvgIpc) is 2.89. The number of hydrogen-bond donors (Lipinski definition) is 0. The molecule has 1 aromatic carbocycles. The predicted octanol–water partition coefficient (Wildman–Crippen LogP) is 4.19. The lowest BCUT2D eigenvalue weighted by Gasteiger charge is -2.35. The van der Waals surface area contributed by atoms with Gasteiger partial charge in [0.25, 0.3) is 0 Å². The molecule has 2 heterocycles. The van der Waals surface area contributed by atoms with Crippen molar-refractivity contribution in [2.45, 2.75) is 33.4 Å². The van der Waals surface area contributed by atoms with Crippen LogP contribution in [0.2, 0.25) is 15.1 Å². The first-order valence-electron chi connectivity index (χ1n) is 8.98. The molecule has 0 N–H and O–H groups in total. The van der Waals surface area contributed by atoms with Crippen LogP contribution in [0.5, 0.6) is 0 Å². The number of halogens is 3. The highest BCUT2D eigenvalue weighted by atomic mass is 35.5. The normalized spacial score (nSPS) is 15.4. The van der Waals surface area contributed by atoms with Gasteiger partial charge >= 0.3 is 0 Å². The second-order valence-electron chi connectivity index (χ2n) is 6.85. The molecular weight excluding hydrogens is 407 g/mol. The van der Waals surface area contributed by atoms with E-state index >= 15 is 0 Å². The number of benzene rings is 1. The summed E-state index contributed by atoms with van der Waals surface area (Å²) >= 11 is 18.4. The Hall–Kier alpha value is -1.27. The summed E-state index contributed by atoms with van der Waals surface area (Å²) in [4.78, 5) is 16.8. The third-order valence-corrected chi connectivity index (χ3v) is 6.10. The van der Waals surface area contributed by atoms with Gasteiger partial charge in [-0.05, 0) is 31.5 Å². The van der Waals surface area contributed by atoms with Crippen LogP contribution in [0.15, 0.2) is 18.2 Å². The van der Waals surface area contributed by atoms with E-state index in [0.717, 1.165) is 49.7 Å². The van der Waals surface area contributed by atoms with Gasteiger partial charge in [0.05, 0.1) is 23.0 Å². The van der Waals surface area contributed by atoms with E-state index in [9.17, 15) is 4.79 Å². The van der Waals surface area contributed by atoms with Gasteiger partial charge < -0.3 is 4.90 Å². The topological polar surface area (TPSA) is 41.4 Å². The van der Waals surface area contributed by atoms with E-state index in [0.29, 0.717) is 28.0 Å². The lowest BCUT2D eigenvalue weighted by Crippen LogP contribution is -2.48. The molecule has 146 valence electrons. The summed E-state index contributed by atoms with van der Waals surface area (Å²) in [5.74, 6) is 0.155. The molecule has 1 fully saturated rings. The molecule has 3 rings (SSSR count). The minimum Gasteiger partial charge on any atom is -0.340 e. The first kappa shape index (κ1) is 20.5. The molecule has 2 aromatic rings. The lowest BCUT2D eigenvalue weighted by molar-refractivity contribution is -0.133. The number of carbonyl (C=O) groups excluding carboxylic acids is 1. The van der Waals surface area contributed by atoms with Gasteiger partial charge in [-0.25, -0.2) is 0 Å². The van der Waals surface area contributed by atoms with E-state index in [1.165, 1.54) is 0 Å². The number of amides is 1. The Morgan fingerprint density at radius 1 is 1.11 bits per heavy atom. The van der Waals surface area contributed by atoms with Crippen molar-refractivity contribution in [1.82, 2.24) is 19.6 Å². The highest BCUT2D eigenvalue weighted by Gasteiger charge is 2.22. The Labute approximate surface area is 174 Å². The van der Waals surface area contributed by atoms with Gasteiger partial charge in [-0.2, -0.15) is 5.10 Å². The van der Waals surface area contributed by atoms with Gasteiger partial charge in [0, 0.05) is 49.2 Å². The average molecular weight is 430 g/mol. The second kappa shape index (κ2) is 8.82. The molecule has 0 atom stereocenters. The number of carbonyl (C=O) groups is 1. The number of rotatable bonds is 5. The zero-order valence-corrected chi connectivity index (χ0v) is 17.8. The van der Waals surface area contributed by atoms with Crippen molar-refractivity contribution in [3.63, 3.8) is 0 Å². The molecule has 1 amide bonds. The minimum absolute atomic E-state index is 0.155. The largest absolute Gasteiger partial charge is 0.340 e. The predicted molar refractivity (Wildman–Crippen MR) is 110 cm³/mol. The highest BCUT2D eigenvalue weighted by Crippen LogP contribution is 2.23. The quantitative estimate of drug-likeness (QED) is 0.715. The number of piperazine rings is 1. The second-order valence-corrected chi connectivity index (χ2v) is 8.07. The molecular formula is C19H23Cl3N4O. The molecule has 5 nitrogen and oxygen atoms in total. The summed E-state index contributed by atoms with van der Waals surface area (Å²) in [5.41, 5.74) is 2.77. The van der Waals surface area contributed by atoms with Gasteiger partial charge in [-0.3, -0.25) is 14.4 Å². The van der Waals surface area contributed by atoms with E-state index in [4.69, 9.17) is 34.8 Å². The summed E-state index contributed by atoms with van der Waals surface area (Å²) in [6.07, 6.45) is 0.432. The SMILES string of the molecule is Cc1nn(CCC(=O)N2CCN(Cc3ccc(Cl)cc3Cl)CC2)c(C)c1Cl. The number of hydrogen-bond acceptors (Lipinski definition) is 3. The number of aryl methyl sites for hydroxylation is 2. The summed E-state index contributed by atoms with van der Waals surface area (Å²) in [6, 6.07) is 5.58. The maximum absolute atomic E-state index is 12.5. The molecule has 8 heteroatoms. The van der Waals surface area contributed by atoms with Crippen LogP contribution in [-0.4, -0.2) is 51.7 Å². The van der Waals surface area contributed by atoms with Gasteiger partial charge in [-0.15, -0.1) is 0 Å². The molecule has 1 aliphatic rings. The molecule has 0 radical (unpaired) electrons. The molecule has 1 aromatic heterocycles. The van der Waals surface area contributed by atoms with Crippen LogP contribution in [0.4, 0.5) is 0 Å². The van der Waals surface area contributed by atoms with Gasteiger partial charge in [0.1, 0.15) is 0 Å². The van der Waals surface area contributed by atoms with Crippen LogP contribution in [-0.2, 0) is 17.9 Å². The molecule has 0 saturated carbocycles. The third-order valence-electron chi connectivity index (χ3n) is 4.96. The first-order chi connectivity index (χ1) is 12.8. The van der Waals surface area contributed by atoms with Crippen LogP contribution < -0.4 is 0 Å². The van der Waals surface area contributed by atoms with E-state index < -0.39 is 0 Å². The van der Waals surface area contributed by atoms with E-state index in [-0.39, 0.29) is 5.91 Å². The maximum atomic E-state index is 12.5. The van der Waals surface area contributed by atoms with Gasteiger partial charge in [0.2, 0.25) is 5.91 Å². The molecule has 27 heavy (non-hydrogen) atoms. The molecule has 0 bridgehead atoms. The Bertz CT molecular complexity index is 829. The van der Waals surface area contributed by atoms with Crippen molar-refractivity contribution in [2.24, 2.45) is 0 Å². The summed E-state index contributed by atoms with van der Waals surface area (Å²) < 4.78 is 1.81. The van der Waals surface area contributed by atoms with Gasteiger partial charge in [0.15, 0.2) is 0 Å². The fourth-order valence-corrected chi connectivity index (χ4v) is 3.90. The Kier molecular flexibility index (Phi) is 6.69. The third kappa shape index (κ3) is 4.96. The van der Waals surface area contributed by atoms with Crippen molar-refractivity contribution in [1.29, 1.82) is 0 Å². The molecule has 0 unspecified atom stereocenters. The Morgan fingerprint density at radius 2 is 1.81 bits per heavy atom. The minimum atomic E-state index is 0.155. The zero-order valence-electron chi connectivity index (χ0n) is 15.5. The van der Waals surface area contributed by atoms with Crippen LogP contribution in [0.25, 0.3) is 0 Å². The smallest absolute Gasteiger partial charge is 0.224 e. The van der Waals surface area contributed by atoms with Crippen molar-refractivity contribution in [3.05, 3.63) is 50.2 Å². The fourth-order valence-electron chi connectivity index (χ4n) is 3.30. The summed E-state index contributed by atoms with van der Waals surface area (Å²) in [7, 11) is 0. The number of aromatic nitrogens is 2. The molecule has 0 spiro atoms. The van der Waals surface area contributed by atoms with E-state index in [1.807, 2.05) is 35.6 Å². The van der Waals surface area contributed by atoms with E-state index in [2.05, 4.69) is 10.00 Å². The van der Waals surface area contributed by atoms with Crippen molar-refractivity contribution in [3.8, 4) is 0 Å². The maximum Gasteiger partial charge on any atom is 0.224 e. The van der Waals surface area contributed by atoms with Crippen LogP contribution in [0.3, 0.4) is 0 Å². The molecule has 1 aliphatic heterocycles. The summed E-state index contributed by atoms with van der Waals surface area (Å²) in [6.45, 7) is 8.23.